The minimum absolute atomic E-state index is 0.137. The van der Waals surface area contributed by atoms with Crippen molar-refractivity contribution in [1.29, 1.82) is 0 Å². The highest BCUT2D eigenvalue weighted by Gasteiger charge is 2.28. The van der Waals surface area contributed by atoms with E-state index in [1.807, 2.05) is 0 Å². The smallest absolute Gasteiger partial charge is 0.345 e. The average molecular weight is 239 g/mol. The van der Waals surface area contributed by atoms with Gasteiger partial charge in [0.1, 0.15) is 6.54 Å². The molecule has 92 valence electrons. The molecule has 8 heteroatoms. The predicted octanol–water partition coefficient (Wildman–Crippen LogP) is 0.126. The Morgan fingerprint density at radius 1 is 1.19 bits per heavy atom. The van der Waals surface area contributed by atoms with Crippen molar-refractivity contribution >= 4 is 11.9 Å². The van der Waals surface area contributed by atoms with Crippen LogP contribution < -0.4 is 16.0 Å². The predicted molar refractivity (Wildman–Crippen MR) is 48.6 cm³/mol. The molecule has 1 aliphatic carbocycles. The second kappa shape index (κ2) is 5.04. The fourth-order valence-electron chi connectivity index (χ4n) is 0.886. The second-order valence-electron chi connectivity index (χ2n) is 3.49. The zero-order valence-electron chi connectivity index (χ0n) is 8.36. The van der Waals surface area contributed by atoms with Crippen molar-refractivity contribution in [1.82, 2.24) is 16.0 Å². The van der Waals surface area contributed by atoms with Crippen LogP contribution in [0.5, 0.6) is 0 Å². The number of urea groups is 1. The third-order valence-corrected chi connectivity index (χ3v) is 1.81. The van der Waals surface area contributed by atoms with E-state index in [0.29, 0.717) is 0 Å². The summed E-state index contributed by atoms with van der Waals surface area (Å²) in [6, 6.07) is -0.400. The number of carbonyl (C=O) groups excluding carboxylic acids is 2. The molecule has 0 saturated heterocycles. The topological polar surface area (TPSA) is 70.2 Å². The third-order valence-electron chi connectivity index (χ3n) is 1.81. The van der Waals surface area contributed by atoms with Crippen molar-refractivity contribution in [3.8, 4) is 0 Å². The van der Waals surface area contributed by atoms with Crippen LogP contribution in [0.3, 0.4) is 0 Å². The van der Waals surface area contributed by atoms with E-state index < -0.39 is 31.2 Å². The Kier molecular flexibility index (Phi) is 3.97. The molecule has 0 atom stereocenters. The summed E-state index contributed by atoms with van der Waals surface area (Å²) in [5.41, 5.74) is 0. The number of carbonyl (C=O) groups is 2. The number of amides is 3. The normalized spacial score (nSPS) is 15.4. The van der Waals surface area contributed by atoms with Gasteiger partial charge in [-0.3, -0.25) is 4.79 Å². The van der Waals surface area contributed by atoms with Gasteiger partial charge in [0.05, 0.1) is 6.54 Å². The van der Waals surface area contributed by atoms with Crippen molar-refractivity contribution in [3.05, 3.63) is 0 Å². The zero-order chi connectivity index (χ0) is 12.2. The molecule has 0 heterocycles. The van der Waals surface area contributed by atoms with Gasteiger partial charge in [-0.15, -0.1) is 0 Å². The SMILES string of the molecule is O=C(CNC(=O)NC1CC1)NCC(F)(F)F. The highest BCUT2D eigenvalue weighted by Crippen LogP contribution is 2.18. The van der Waals surface area contributed by atoms with Gasteiger partial charge in [-0.05, 0) is 12.8 Å². The van der Waals surface area contributed by atoms with Gasteiger partial charge in [0, 0.05) is 6.04 Å². The van der Waals surface area contributed by atoms with Gasteiger partial charge in [-0.1, -0.05) is 0 Å². The van der Waals surface area contributed by atoms with Crippen LogP contribution in [-0.2, 0) is 4.79 Å². The van der Waals surface area contributed by atoms with E-state index in [2.05, 4.69) is 10.6 Å². The monoisotopic (exact) mass is 239 g/mol. The van der Waals surface area contributed by atoms with E-state index in [1.54, 1.807) is 5.32 Å². The number of rotatable bonds is 4. The summed E-state index contributed by atoms with van der Waals surface area (Å²) in [5, 5.41) is 6.33. The summed E-state index contributed by atoms with van der Waals surface area (Å²) in [7, 11) is 0. The Morgan fingerprint density at radius 2 is 1.81 bits per heavy atom. The van der Waals surface area contributed by atoms with E-state index >= 15 is 0 Å². The molecule has 1 aliphatic rings. The molecule has 0 radical (unpaired) electrons. The molecule has 3 N–H and O–H groups in total. The first-order chi connectivity index (χ1) is 7.37. The summed E-state index contributed by atoms with van der Waals surface area (Å²) < 4.78 is 35.0. The molecule has 0 bridgehead atoms. The number of hydrogen-bond donors (Lipinski definition) is 3. The van der Waals surface area contributed by atoms with Crippen LogP contribution in [0.1, 0.15) is 12.8 Å². The first-order valence-electron chi connectivity index (χ1n) is 4.74. The van der Waals surface area contributed by atoms with Gasteiger partial charge in [-0.25, -0.2) is 4.79 Å². The molecular weight excluding hydrogens is 227 g/mol. The maximum atomic E-state index is 11.7. The Labute approximate surface area is 89.8 Å². The summed E-state index contributed by atoms with van der Waals surface area (Å²) in [5.74, 6) is -0.872. The van der Waals surface area contributed by atoms with Crippen molar-refractivity contribution in [3.63, 3.8) is 0 Å². The molecular formula is C8H12F3N3O2. The van der Waals surface area contributed by atoms with Crippen LogP contribution in [0.25, 0.3) is 0 Å². The molecule has 1 fully saturated rings. The summed E-state index contributed by atoms with van der Waals surface area (Å²) in [6.07, 6.45) is -2.65. The Hall–Kier alpha value is -1.47. The maximum absolute atomic E-state index is 11.7. The van der Waals surface area contributed by atoms with Gasteiger partial charge in [0.2, 0.25) is 5.91 Å². The lowest BCUT2D eigenvalue weighted by Gasteiger charge is -2.09. The Balaban J connectivity index is 2.07. The highest BCUT2D eigenvalue weighted by atomic mass is 19.4. The van der Waals surface area contributed by atoms with Crippen molar-refractivity contribution in [2.75, 3.05) is 13.1 Å². The number of halogens is 3. The standard InChI is InChI=1S/C8H12F3N3O2/c9-8(10,11)4-13-6(15)3-12-7(16)14-5-1-2-5/h5H,1-4H2,(H,13,15)(H2,12,14,16). The average Bonchev–Trinajstić information content (AvgIpc) is 2.94. The molecule has 0 aromatic rings. The molecule has 0 aliphatic heterocycles. The molecule has 16 heavy (non-hydrogen) atoms. The highest BCUT2D eigenvalue weighted by molar-refractivity contribution is 5.84. The molecule has 1 rings (SSSR count). The molecule has 0 unspecified atom stereocenters. The van der Waals surface area contributed by atoms with Gasteiger partial charge in [0.15, 0.2) is 0 Å². The molecule has 5 nitrogen and oxygen atoms in total. The van der Waals surface area contributed by atoms with Crippen LogP contribution in [0.2, 0.25) is 0 Å². The molecule has 0 aromatic carbocycles. The van der Waals surface area contributed by atoms with E-state index in [9.17, 15) is 22.8 Å². The van der Waals surface area contributed by atoms with E-state index in [-0.39, 0.29) is 6.04 Å². The van der Waals surface area contributed by atoms with Crippen LogP contribution in [0.15, 0.2) is 0 Å². The number of nitrogens with one attached hydrogen (secondary N) is 3. The van der Waals surface area contributed by atoms with E-state index in [1.165, 1.54) is 0 Å². The van der Waals surface area contributed by atoms with Gasteiger partial charge >= 0.3 is 12.2 Å². The second-order valence-corrected chi connectivity index (χ2v) is 3.49. The number of hydrogen-bond acceptors (Lipinski definition) is 2. The van der Waals surface area contributed by atoms with Crippen molar-refractivity contribution in [2.24, 2.45) is 0 Å². The van der Waals surface area contributed by atoms with Gasteiger partial charge < -0.3 is 16.0 Å². The van der Waals surface area contributed by atoms with Crippen LogP contribution >= 0.6 is 0 Å². The molecule has 1 saturated carbocycles. The van der Waals surface area contributed by atoms with Gasteiger partial charge in [0.25, 0.3) is 0 Å². The first-order valence-corrected chi connectivity index (χ1v) is 4.74. The lowest BCUT2D eigenvalue weighted by molar-refractivity contribution is -0.137. The number of alkyl halides is 3. The fraction of sp³-hybridized carbons (Fsp3) is 0.750. The summed E-state index contributed by atoms with van der Waals surface area (Å²) in [4.78, 5) is 21.8. The maximum Gasteiger partial charge on any atom is 0.405 e. The van der Waals surface area contributed by atoms with Crippen LogP contribution in [-0.4, -0.2) is 37.2 Å². The van der Waals surface area contributed by atoms with Crippen molar-refractivity contribution in [2.45, 2.75) is 25.1 Å². The zero-order valence-corrected chi connectivity index (χ0v) is 8.36. The third kappa shape index (κ3) is 6.10. The molecule has 0 aromatic heterocycles. The lowest BCUT2D eigenvalue weighted by Crippen LogP contribution is -2.44. The Morgan fingerprint density at radius 3 is 2.31 bits per heavy atom. The first kappa shape index (κ1) is 12.6. The fourth-order valence-corrected chi connectivity index (χ4v) is 0.886. The minimum atomic E-state index is -4.44. The van der Waals surface area contributed by atoms with E-state index in [0.717, 1.165) is 12.8 Å². The molecule has 3 amide bonds. The molecule has 0 spiro atoms. The van der Waals surface area contributed by atoms with E-state index in [4.69, 9.17) is 0 Å². The minimum Gasteiger partial charge on any atom is -0.345 e. The Bertz CT molecular complexity index is 276. The van der Waals surface area contributed by atoms with Crippen LogP contribution in [0, 0.1) is 0 Å². The van der Waals surface area contributed by atoms with Gasteiger partial charge in [-0.2, -0.15) is 13.2 Å². The van der Waals surface area contributed by atoms with Crippen LogP contribution in [0.4, 0.5) is 18.0 Å². The summed E-state index contributed by atoms with van der Waals surface area (Å²) >= 11 is 0. The van der Waals surface area contributed by atoms with Crippen molar-refractivity contribution < 1.29 is 22.8 Å². The quantitative estimate of drug-likeness (QED) is 0.652. The summed E-state index contributed by atoms with van der Waals surface area (Å²) in [6.45, 7) is -1.85. The lowest BCUT2D eigenvalue weighted by atomic mass is 10.5. The largest absolute Gasteiger partial charge is 0.405 e.